The second-order valence-corrected chi connectivity index (χ2v) is 5.73. The van der Waals surface area contributed by atoms with E-state index in [2.05, 4.69) is 4.98 Å². The van der Waals surface area contributed by atoms with E-state index in [-0.39, 0.29) is 13.2 Å². The molecule has 0 amide bonds. The summed E-state index contributed by atoms with van der Waals surface area (Å²) in [5.74, 6) is 0.164. The number of nitrogens with zero attached hydrogens (tertiary/aromatic N) is 1. The summed E-state index contributed by atoms with van der Waals surface area (Å²) >= 11 is 12.0. The number of oxazole rings is 1. The number of ether oxygens (including phenoxy) is 2. The van der Waals surface area contributed by atoms with Crippen LogP contribution in [0.1, 0.15) is 5.89 Å². The molecule has 0 fully saturated rings. The predicted molar refractivity (Wildman–Crippen MR) is 96.0 cm³/mol. The van der Waals surface area contributed by atoms with Crippen molar-refractivity contribution in [1.29, 1.82) is 0 Å². The molecule has 128 valence electrons. The number of rotatable bonds is 6. The van der Waals surface area contributed by atoms with Crippen molar-refractivity contribution in [2.24, 2.45) is 0 Å². The van der Waals surface area contributed by atoms with E-state index in [0.717, 1.165) is 5.52 Å². The molecule has 3 aromatic rings. The summed E-state index contributed by atoms with van der Waals surface area (Å²) in [6.07, 6.45) is 2.70. The standard InChI is InChI=1S/C18H13Cl2NO4/c19-12-4-3-5-13(20)18(12)24-11-10-23-17(22)9-8-16-21-14-6-1-2-7-15(14)25-16/h1-9H,10-11H2/b9-8+. The minimum Gasteiger partial charge on any atom is -0.487 e. The van der Waals surface area contributed by atoms with Gasteiger partial charge in [0.2, 0.25) is 5.89 Å². The van der Waals surface area contributed by atoms with Crippen LogP contribution in [-0.4, -0.2) is 24.2 Å². The zero-order chi connectivity index (χ0) is 17.6. The van der Waals surface area contributed by atoms with E-state index in [1.807, 2.05) is 18.2 Å². The van der Waals surface area contributed by atoms with Gasteiger partial charge in [0.25, 0.3) is 0 Å². The number of halogens is 2. The SMILES string of the molecule is O=C(/C=C/c1nc2ccccc2o1)OCCOc1c(Cl)cccc1Cl. The van der Waals surface area contributed by atoms with Gasteiger partial charge in [-0.1, -0.05) is 41.4 Å². The van der Waals surface area contributed by atoms with E-state index in [9.17, 15) is 4.79 Å². The Morgan fingerprint density at radius 2 is 1.84 bits per heavy atom. The minimum absolute atomic E-state index is 0.0539. The van der Waals surface area contributed by atoms with Gasteiger partial charge in [-0.3, -0.25) is 0 Å². The number of aromatic nitrogens is 1. The largest absolute Gasteiger partial charge is 0.487 e. The van der Waals surface area contributed by atoms with Crippen molar-refractivity contribution in [3.8, 4) is 5.75 Å². The Bertz CT molecular complexity index is 867. The fourth-order valence-corrected chi connectivity index (χ4v) is 2.56. The Morgan fingerprint density at radius 1 is 1.08 bits per heavy atom. The first-order chi connectivity index (χ1) is 12.1. The first-order valence-corrected chi connectivity index (χ1v) is 8.16. The molecule has 1 aromatic heterocycles. The second-order valence-electron chi connectivity index (χ2n) is 4.92. The van der Waals surface area contributed by atoms with Gasteiger partial charge in [-0.25, -0.2) is 9.78 Å². The second kappa shape index (κ2) is 8.05. The van der Waals surface area contributed by atoms with Crippen LogP contribution in [0.15, 0.2) is 53.0 Å². The highest BCUT2D eigenvalue weighted by molar-refractivity contribution is 6.37. The van der Waals surface area contributed by atoms with Gasteiger partial charge in [0.05, 0.1) is 10.0 Å². The van der Waals surface area contributed by atoms with Gasteiger partial charge in [0.1, 0.15) is 18.7 Å². The van der Waals surface area contributed by atoms with Crippen molar-refractivity contribution in [3.63, 3.8) is 0 Å². The van der Waals surface area contributed by atoms with Gasteiger partial charge < -0.3 is 13.9 Å². The number of carbonyl (C=O) groups is 1. The molecular formula is C18H13Cl2NO4. The zero-order valence-corrected chi connectivity index (χ0v) is 14.5. The summed E-state index contributed by atoms with van der Waals surface area (Å²) in [6, 6.07) is 12.4. The van der Waals surface area contributed by atoms with Gasteiger partial charge in [-0.2, -0.15) is 0 Å². The minimum atomic E-state index is -0.531. The molecule has 3 rings (SSSR count). The van der Waals surface area contributed by atoms with E-state index < -0.39 is 5.97 Å². The lowest BCUT2D eigenvalue weighted by Gasteiger charge is -2.09. The first-order valence-electron chi connectivity index (χ1n) is 7.41. The van der Waals surface area contributed by atoms with Crippen LogP contribution in [0, 0.1) is 0 Å². The zero-order valence-electron chi connectivity index (χ0n) is 12.9. The molecule has 0 atom stereocenters. The van der Waals surface area contributed by atoms with Crippen LogP contribution in [0.4, 0.5) is 0 Å². The molecule has 0 N–H and O–H groups in total. The quantitative estimate of drug-likeness (QED) is 0.351. The lowest BCUT2D eigenvalue weighted by atomic mass is 10.3. The average Bonchev–Trinajstić information content (AvgIpc) is 3.02. The van der Waals surface area contributed by atoms with Crippen molar-refractivity contribution < 1.29 is 18.7 Å². The van der Waals surface area contributed by atoms with E-state index in [4.69, 9.17) is 37.1 Å². The molecular weight excluding hydrogens is 365 g/mol. The van der Waals surface area contributed by atoms with Crippen molar-refractivity contribution in [2.75, 3.05) is 13.2 Å². The maximum absolute atomic E-state index is 11.7. The summed E-state index contributed by atoms with van der Waals surface area (Å²) < 4.78 is 15.9. The van der Waals surface area contributed by atoms with E-state index >= 15 is 0 Å². The highest BCUT2D eigenvalue weighted by Gasteiger charge is 2.07. The molecule has 0 bridgehead atoms. The molecule has 0 aliphatic heterocycles. The Hall–Kier alpha value is -2.50. The highest BCUT2D eigenvalue weighted by atomic mass is 35.5. The summed E-state index contributed by atoms with van der Waals surface area (Å²) in [5, 5.41) is 0.796. The van der Waals surface area contributed by atoms with Gasteiger partial charge in [0.15, 0.2) is 11.3 Å². The Balaban J connectivity index is 1.48. The normalized spacial score (nSPS) is 11.1. The van der Waals surface area contributed by atoms with Gasteiger partial charge in [-0.05, 0) is 24.3 Å². The summed E-state index contributed by atoms with van der Waals surface area (Å²) in [7, 11) is 0. The van der Waals surface area contributed by atoms with Crippen molar-refractivity contribution in [3.05, 3.63) is 64.5 Å². The summed E-state index contributed by atoms with van der Waals surface area (Å²) in [4.78, 5) is 15.9. The number of benzene rings is 2. The molecule has 0 unspecified atom stereocenters. The molecule has 0 saturated carbocycles. The Kier molecular flexibility index (Phi) is 5.58. The smallest absolute Gasteiger partial charge is 0.331 e. The Morgan fingerprint density at radius 3 is 2.60 bits per heavy atom. The van der Waals surface area contributed by atoms with Crippen molar-refractivity contribution >= 4 is 46.3 Å². The lowest BCUT2D eigenvalue weighted by Crippen LogP contribution is -2.10. The highest BCUT2D eigenvalue weighted by Crippen LogP contribution is 2.32. The maximum Gasteiger partial charge on any atom is 0.331 e. The molecule has 0 spiro atoms. The average molecular weight is 378 g/mol. The Labute approximate surface area is 153 Å². The first kappa shape index (κ1) is 17.3. The monoisotopic (exact) mass is 377 g/mol. The fourth-order valence-electron chi connectivity index (χ4n) is 2.06. The molecule has 1 heterocycles. The molecule has 0 saturated heterocycles. The van der Waals surface area contributed by atoms with E-state index in [1.54, 1.807) is 24.3 Å². The lowest BCUT2D eigenvalue weighted by molar-refractivity contribution is -0.138. The number of hydrogen-bond donors (Lipinski definition) is 0. The van der Waals surface area contributed by atoms with Crippen LogP contribution in [0.3, 0.4) is 0 Å². The summed E-state index contributed by atoms with van der Waals surface area (Å²) in [5.41, 5.74) is 1.38. The predicted octanol–water partition coefficient (Wildman–Crippen LogP) is 4.77. The van der Waals surface area contributed by atoms with Crippen molar-refractivity contribution in [1.82, 2.24) is 4.98 Å². The molecule has 7 heteroatoms. The molecule has 2 aromatic carbocycles. The molecule has 5 nitrogen and oxygen atoms in total. The van der Waals surface area contributed by atoms with Crippen LogP contribution in [0.25, 0.3) is 17.2 Å². The van der Waals surface area contributed by atoms with Crippen LogP contribution in [0.2, 0.25) is 10.0 Å². The van der Waals surface area contributed by atoms with Crippen molar-refractivity contribution in [2.45, 2.75) is 0 Å². The number of esters is 1. The van der Waals surface area contributed by atoms with Crippen LogP contribution in [-0.2, 0) is 9.53 Å². The van der Waals surface area contributed by atoms with Crippen LogP contribution < -0.4 is 4.74 Å². The van der Waals surface area contributed by atoms with Gasteiger partial charge in [0, 0.05) is 12.2 Å². The number of para-hydroxylation sites is 3. The molecule has 0 aliphatic rings. The molecule has 25 heavy (non-hydrogen) atoms. The third kappa shape index (κ3) is 4.53. The van der Waals surface area contributed by atoms with E-state index in [1.165, 1.54) is 12.2 Å². The van der Waals surface area contributed by atoms with Gasteiger partial charge in [-0.15, -0.1) is 0 Å². The maximum atomic E-state index is 11.7. The molecule has 0 aliphatic carbocycles. The topological polar surface area (TPSA) is 61.6 Å². The van der Waals surface area contributed by atoms with E-state index in [0.29, 0.717) is 27.3 Å². The van der Waals surface area contributed by atoms with Crippen LogP contribution >= 0.6 is 23.2 Å². The third-order valence-corrected chi connectivity index (χ3v) is 3.76. The molecule has 0 radical (unpaired) electrons. The van der Waals surface area contributed by atoms with Gasteiger partial charge >= 0.3 is 5.97 Å². The number of fused-ring (bicyclic) bond motifs is 1. The van der Waals surface area contributed by atoms with Crippen LogP contribution in [0.5, 0.6) is 5.75 Å². The fraction of sp³-hybridized carbons (Fsp3) is 0.111. The third-order valence-electron chi connectivity index (χ3n) is 3.17. The summed E-state index contributed by atoms with van der Waals surface area (Å²) in [6.45, 7) is 0.185. The number of carbonyl (C=O) groups excluding carboxylic acids is 1. The number of hydrogen-bond acceptors (Lipinski definition) is 5.